The summed E-state index contributed by atoms with van der Waals surface area (Å²) in [5.74, 6) is 1.07. The lowest BCUT2D eigenvalue weighted by Crippen LogP contribution is -2.11. The molecule has 4 heterocycles. The number of nitrogens with one attached hydrogen (secondary N) is 1. The van der Waals surface area contributed by atoms with E-state index in [0.29, 0.717) is 17.0 Å². The maximum Gasteiger partial charge on any atom is 0.256 e. The molecule has 8 heteroatoms. The molecule has 1 N–H and O–H groups in total. The van der Waals surface area contributed by atoms with Crippen molar-refractivity contribution in [2.24, 2.45) is 7.05 Å². The molecule has 0 unspecified atom stereocenters. The second-order valence-electron chi connectivity index (χ2n) is 7.62. The normalized spacial score (nSPS) is 11.1. The summed E-state index contributed by atoms with van der Waals surface area (Å²) in [4.78, 5) is 25.6. The molecule has 0 fully saturated rings. The molecule has 0 saturated carbocycles. The van der Waals surface area contributed by atoms with Crippen molar-refractivity contribution in [1.82, 2.24) is 29.1 Å². The van der Waals surface area contributed by atoms with E-state index < -0.39 is 0 Å². The number of carbonyl (C=O) groups excluding carboxylic acids is 1. The molecule has 1 aromatic carbocycles. The van der Waals surface area contributed by atoms with Crippen molar-refractivity contribution in [2.45, 2.75) is 13.8 Å². The average molecular weight is 423 g/mol. The lowest BCUT2D eigenvalue weighted by atomic mass is 10.1. The molecular formula is C24H21N7O. The van der Waals surface area contributed by atoms with Gasteiger partial charge in [0.1, 0.15) is 11.5 Å². The number of benzene rings is 1. The largest absolute Gasteiger partial charge is 0.330 e. The first kappa shape index (κ1) is 19.6. The number of anilines is 1. The lowest BCUT2D eigenvalue weighted by Gasteiger charge is -2.07. The smallest absolute Gasteiger partial charge is 0.256 e. The Balaban J connectivity index is 1.52. The maximum absolute atomic E-state index is 12.4. The monoisotopic (exact) mass is 423 g/mol. The van der Waals surface area contributed by atoms with Crippen LogP contribution in [0.5, 0.6) is 0 Å². The van der Waals surface area contributed by atoms with Gasteiger partial charge >= 0.3 is 0 Å². The number of amides is 1. The molecule has 0 bridgehead atoms. The van der Waals surface area contributed by atoms with E-state index in [0.717, 1.165) is 28.5 Å². The average Bonchev–Trinajstić information content (AvgIpc) is 3.34. The minimum atomic E-state index is -0.250. The van der Waals surface area contributed by atoms with Crippen LogP contribution >= 0.6 is 0 Å². The first-order valence-electron chi connectivity index (χ1n) is 10.2. The highest BCUT2D eigenvalue weighted by Gasteiger charge is 2.18. The number of hydrogen-bond acceptors (Lipinski definition) is 5. The summed E-state index contributed by atoms with van der Waals surface area (Å²) in [5.41, 5.74) is 5.94. The second-order valence-corrected chi connectivity index (χ2v) is 7.62. The van der Waals surface area contributed by atoms with E-state index in [1.165, 1.54) is 5.56 Å². The maximum atomic E-state index is 12.4. The fourth-order valence-corrected chi connectivity index (χ4v) is 3.58. The molecule has 0 aliphatic heterocycles. The molecule has 0 radical (unpaired) electrons. The zero-order chi connectivity index (χ0) is 22.2. The van der Waals surface area contributed by atoms with Gasteiger partial charge in [-0.25, -0.2) is 14.5 Å². The number of fused-ring (bicyclic) bond motifs is 1. The number of nitrogens with zero attached hydrogens (tertiary/aromatic N) is 6. The highest BCUT2D eigenvalue weighted by Crippen LogP contribution is 2.31. The van der Waals surface area contributed by atoms with Crippen molar-refractivity contribution in [2.75, 3.05) is 5.32 Å². The summed E-state index contributed by atoms with van der Waals surface area (Å²) < 4.78 is 3.70. The van der Waals surface area contributed by atoms with Gasteiger partial charge in [0.2, 0.25) is 0 Å². The van der Waals surface area contributed by atoms with Crippen LogP contribution in [0.25, 0.3) is 28.3 Å². The van der Waals surface area contributed by atoms with Gasteiger partial charge in [-0.15, -0.1) is 0 Å². The third-order valence-electron chi connectivity index (χ3n) is 5.39. The lowest BCUT2D eigenvalue weighted by molar-refractivity contribution is 0.102. The van der Waals surface area contributed by atoms with E-state index in [4.69, 9.17) is 10.1 Å². The summed E-state index contributed by atoms with van der Waals surface area (Å²) in [7, 11) is 1.98. The van der Waals surface area contributed by atoms with Gasteiger partial charge in [-0.3, -0.25) is 9.78 Å². The van der Waals surface area contributed by atoms with Crippen LogP contribution < -0.4 is 5.32 Å². The van der Waals surface area contributed by atoms with Gasteiger partial charge in [-0.05, 0) is 38.1 Å². The number of pyridine rings is 1. The van der Waals surface area contributed by atoms with Gasteiger partial charge in [0, 0.05) is 30.6 Å². The molecule has 158 valence electrons. The fourth-order valence-electron chi connectivity index (χ4n) is 3.58. The molecule has 0 saturated heterocycles. The Hall–Kier alpha value is -4.33. The quantitative estimate of drug-likeness (QED) is 0.471. The van der Waals surface area contributed by atoms with Crippen LogP contribution in [-0.2, 0) is 7.05 Å². The van der Waals surface area contributed by atoms with Crippen molar-refractivity contribution < 1.29 is 4.79 Å². The predicted molar refractivity (Wildman–Crippen MR) is 122 cm³/mol. The predicted octanol–water partition coefficient (Wildman–Crippen LogP) is 4.06. The first-order chi connectivity index (χ1) is 15.5. The zero-order valence-electron chi connectivity index (χ0n) is 17.9. The molecule has 0 aliphatic rings. The van der Waals surface area contributed by atoms with Crippen LogP contribution in [-0.4, -0.2) is 35.0 Å². The molecule has 0 aliphatic carbocycles. The summed E-state index contributed by atoms with van der Waals surface area (Å²) in [6.45, 7) is 4.04. The third kappa shape index (κ3) is 3.51. The summed E-state index contributed by atoms with van der Waals surface area (Å²) in [6.07, 6.45) is 4.86. The van der Waals surface area contributed by atoms with Crippen LogP contribution in [0.3, 0.4) is 0 Å². The number of aryl methyl sites for hydroxylation is 2. The topological polar surface area (TPSA) is 90.0 Å². The summed E-state index contributed by atoms with van der Waals surface area (Å²) in [5, 5.41) is 7.56. The third-order valence-corrected chi connectivity index (χ3v) is 5.39. The molecular weight excluding hydrogens is 402 g/mol. The van der Waals surface area contributed by atoms with Gasteiger partial charge in [-0.1, -0.05) is 29.8 Å². The summed E-state index contributed by atoms with van der Waals surface area (Å²) >= 11 is 0. The van der Waals surface area contributed by atoms with Gasteiger partial charge in [-0.2, -0.15) is 5.10 Å². The van der Waals surface area contributed by atoms with Crippen LogP contribution in [0.2, 0.25) is 0 Å². The van der Waals surface area contributed by atoms with E-state index >= 15 is 0 Å². The Morgan fingerprint density at radius 1 is 0.938 bits per heavy atom. The van der Waals surface area contributed by atoms with Crippen LogP contribution in [0.4, 0.5) is 5.82 Å². The second kappa shape index (κ2) is 7.73. The molecule has 5 aromatic rings. The Labute approximate surface area is 184 Å². The van der Waals surface area contributed by atoms with E-state index in [1.54, 1.807) is 35.2 Å². The Kier molecular flexibility index (Phi) is 4.74. The first-order valence-corrected chi connectivity index (χ1v) is 10.2. The van der Waals surface area contributed by atoms with Gasteiger partial charge in [0.15, 0.2) is 11.5 Å². The molecule has 5 rings (SSSR count). The number of hydrogen-bond donors (Lipinski definition) is 1. The van der Waals surface area contributed by atoms with Crippen LogP contribution in [0.1, 0.15) is 21.7 Å². The van der Waals surface area contributed by atoms with E-state index in [1.807, 2.05) is 30.7 Å². The zero-order valence-corrected chi connectivity index (χ0v) is 17.9. The molecule has 0 spiro atoms. The molecule has 1 amide bonds. The van der Waals surface area contributed by atoms with Crippen molar-refractivity contribution in [3.63, 3.8) is 0 Å². The van der Waals surface area contributed by atoms with Gasteiger partial charge < -0.3 is 9.88 Å². The van der Waals surface area contributed by atoms with E-state index in [-0.39, 0.29) is 5.91 Å². The molecule has 32 heavy (non-hydrogen) atoms. The number of carbonyl (C=O) groups is 1. The van der Waals surface area contributed by atoms with Crippen LogP contribution in [0, 0.1) is 13.8 Å². The van der Waals surface area contributed by atoms with Gasteiger partial charge in [0.05, 0.1) is 17.6 Å². The van der Waals surface area contributed by atoms with Crippen LogP contribution in [0.15, 0.2) is 67.1 Å². The van der Waals surface area contributed by atoms with Crippen molar-refractivity contribution in [1.29, 1.82) is 0 Å². The molecule has 0 atom stereocenters. The Morgan fingerprint density at radius 3 is 2.44 bits per heavy atom. The minimum absolute atomic E-state index is 0.250. The van der Waals surface area contributed by atoms with E-state index in [2.05, 4.69) is 46.5 Å². The number of aromatic nitrogens is 6. The molecule has 8 nitrogen and oxygen atoms in total. The Morgan fingerprint density at radius 2 is 1.69 bits per heavy atom. The van der Waals surface area contributed by atoms with Crippen molar-refractivity contribution in [3.8, 4) is 22.6 Å². The minimum Gasteiger partial charge on any atom is -0.330 e. The highest BCUT2D eigenvalue weighted by molar-refractivity contribution is 6.03. The SMILES string of the molecule is Cc1ccc(-c2nc(C)n(C)c2-c2ccc3nc(NC(=O)c4ccncc4)cn3n2)cc1. The number of imidazole rings is 2. The van der Waals surface area contributed by atoms with E-state index in [9.17, 15) is 4.79 Å². The van der Waals surface area contributed by atoms with Crippen molar-refractivity contribution >= 4 is 17.4 Å². The standard InChI is InChI=1S/C24H21N7O/c1-15-4-6-17(7-5-15)22-23(30(3)16(2)26-22)19-8-9-21-27-20(14-31(21)29-19)28-24(32)18-10-12-25-13-11-18/h4-14H,1-3H3,(H,28,32). The van der Waals surface area contributed by atoms with Gasteiger partial charge in [0.25, 0.3) is 5.91 Å². The Bertz CT molecular complexity index is 1430. The number of rotatable bonds is 4. The molecule has 4 aromatic heterocycles. The fraction of sp³-hybridized carbons (Fsp3) is 0.125. The van der Waals surface area contributed by atoms with Crippen molar-refractivity contribution in [3.05, 3.63) is 84.1 Å². The summed E-state index contributed by atoms with van der Waals surface area (Å²) in [6, 6.07) is 15.4. The highest BCUT2D eigenvalue weighted by atomic mass is 16.1.